The topological polar surface area (TPSA) is 84.9 Å². The van der Waals surface area contributed by atoms with E-state index in [1.807, 2.05) is 12.1 Å². The molecule has 0 spiro atoms. The lowest BCUT2D eigenvalue weighted by atomic mass is 10.2. The molecule has 1 N–H and O–H groups in total. The van der Waals surface area contributed by atoms with Gasteiger partial charge in [0.05, 0.1) is 28.4 Å². The van der Waals surface area contributed by atoms with E-state index in [-0.39, 0.29) is 11.4 Å². The molecule has 1 aliphatic heterocycles. The number of nitrogens with one attached hydrogen (secondary N) is 1. The molecule has 0 aromatic heterocycles. The van der Waals surface area contributed by atoms with E-state index in [1.54, 1.807) is 37.5 Å². The largest absolute Gasteiger partial charge is 0.493 e. The molecule has 10 heteroatoms. The van der Waals surface area contributed by atoms with Gasteiger partial charge in [-0.3, -0.25) is 19.3 Å². The summed E-state index contributed by atoms with van der Waals surface area (Å²) in [7, 11) is 3.07. The van der Waals surface area contributed by atoms with Crippen LogP contribution in [0.5, 0.6) is 11.5 Å². The number of imide groups is 1. The van der Waals surface area contributed by atoms with Gasteiger partial charge >= 0.3 is 0 Å². The van der Waals surface area contributed by atoms with Crippen molar-refractivity contribution in [2.45, 2.75) is 0 Å². The summed E-state index contributed by atoms with van der Waals surface area (Å²) in [6.07, 6.45) is 1.60. The highest BCUT2D eigenvalue weighted by molar-refractivity contribution is 14.1. The molecular formula is C20H16BrIN2O5S. The van der Waals surface area contributed by atoms with E-state index in [2.05, 4.69) is 43.8 Å². The van der Waals surface area contributed by atoms with Crippen LogP contribution in [0.4, 0.5) is 10.5 Å². The number of nitrogens with zero attached hydrogens (tertiary/aromatic N) is 1. The Kier molecular flexibility index (Phi) is 7.42. The number of para-hydroxylation sites is 1. The number of rotatable bonds is 6. The molecule has 3 amide bonds. The number of methoxy groups -OCH3 is 2. The molecular weight excluding hydrogens is 587 g/mol. The molecule has 0 radical (unpaired) electrons. The molecule has 0 atom stereocenters. The fraction of sp³-hybridized carbons (Fsp3) is 0.150. The number of amides is 3. The first kappa shape index (κ1) is 22.6. The maximum absolute atomic E-state index is 12.7. The summed E-state index contributed by atoms with van der Waals surface area (Å²) >= 11 is 6.24. The Morgan fingerprint density at radius 1 is 1.23 bits per heavy atom. The molecule has 3 rings (SSSR count). The van der Waals surface area contributed by atoms with Crippen LogP contribution in [0.1, 0.15) is 5.56 Å². The van der Waals surface area contributed by atoms with Gasteiger partial charge in [-0.05, 0) is 86.2 Å². The summed E-state index contributed by atoms with van der Waals surface area (Å²) < 4.78 is 12.1. The van der Waals surface area contributed by atoms with E-state index in [0.29, 0.717) is 27.2 Å². The summed E-state index contributed by atoms with van der Waals surface area (Å²) in [6, 6.07) is 10.6. The van der Waals surface area contributed by atoms with Crippen LogP contribution in [-0.2, 0) is 9.59 Å². The number of hydrogen-bond acceptors (Lipinski definition) is 6. The van der Waals surface area contributed by atoms with Crippen molar-refractivity contribution in [3.63, 3.8) is 0 Å². The number of hydrogen-bond donors (Lipinski definition) is 1. The Bertz CT molecular complexity index is 1060. The third-order valence-corrected chi connectivity index (χ3v) is 6.48. The number of carbonyl (C=O) groups excluding carboxylic acids is 3. The lowest BCUT2D eigenvalue weighted by Gasteiger charge is -2.13. The van der Waals surface area contributed by atoms with Crippen LogP contribution in [0, 0.1) is 3.57 Å². The van der Waals surface area contributed by atoms with Crippen LogP contribution in [0.3, 0.4) is 0 Å². The van der Waals surface area contributed by atoms with Crippen molar-refractivity contribution in [3.8, 4) is 11.5 Å². The summed E-state index contributed by atoms with van der Waals surface area (Å²) in [5.41, 5.74) is 1.24. The molecule has 0 aliphatic carbocycles. The van der Waals surface area contributed by atoms with Crippen LogP contribution in [-0.4, -0.2) is 42.7 Å². The number of anilines is 1. The van der Waals surface area contributed by atoms with E-state index in [0.717, 1.165) is 20.2 Å². The van der Waals surface area contributed by atoms with E-state index >= 15 is 0 Å². The fourth-order valence-electron chi connectivity index (χ4n) is 2.70. The Labute approximate surface area is 199 Å². The van der Waals surface area contributed by atoms with Crippen molar-refractivity contribution in [2.75, 3.05) is 26.1 Å². The highest BCUT2D eigenvalue weighted by atomic mass is 127. The van der Waals surface area contributed by atoms with Crippen molar-refractivity contribution in [1.29, 1.82) is 0 Å². The molecule has 1 heterocycles. The molecule has 156 valence electrons. The van der Waals surface area contributed by atoms with Gasteiger partial charge < -0.3 is 14.8 Å². The molecule has 2 aromatic rings. The number of benzene rings is 2. The molecule has 0 saturated carbocycles. The zero-order valence-corrected chi connectivity index (χ0v) is 20.5. The van der Waals surface area contributed by atoms with Crippen LogP contribution < -0.4 is 14.8 Å². The predicted molar refractivity (Wildman–Crippen MR) is 128 cm³/mol. The first-order chi connectivity index (χ1) is 14.3. The first-order valence-electron chi connectivity index (χ1n) is 8.55. The third-order valence-electron chi connectivity index (χ3n) is 4.08. The molecule has 1 fully saturated rings. The van der Waals surface area contributed by atoms with Crippen molar-refractivity contribution in [2.24, 2.45) is 0 Å². The second-order valence-electron chi connectivity index (χ2n) is 6.03. The van der Waals surface area contributed by atoms with Gasteiger partial charge in [-0.2, -0.15) is 0 Å². The van der Waals surface area contributed by atoms with Crippen LogP contribution in [0.2, 0.25) is 0 Å². The van der Waals surface area contributed by atoms with Crippen LogP contribution >= 0.6 is 50.3 Å². The maximum Gasteiger partial charge on any atom is 0.294 e. The highest BCUT2D eigenvalue weighted by Crippen LogP contribution is 2.37. The Balaban J connectivity index is 1.77. The molecule has 2 aromatic carbocycles. The van der Waals surface area contributed by atoms with E-state index in [4.69, 9.17) is 9.47 Å². The van der Waals surface area contributed by atoms with Gasteiger partial charge in [0, 0.05) is 4.47 Å². The Morgan fingerprint density at radius 3 is 2.63 bits per heavy atom. The normalized spacial score (nSPS) is 14.9. The number of carbonyl (C=O) groups is 3. The summed E-state index contributed by atoms with van der Waals surface area (Å²) in [5.74, 6) is 0.123. The summed E-state index contributed by atoms with van der Waals surface area (Å²) in [6.45, 7) is -0.368. The Morgan fingerprint density at radius 2 is 1.97 bits per heavy atom. The molecule has 1 aliphatic rings. The number of halogens is 2. The summed E-state index contributed by atoms with van der Waals surface area (Å²) in [4.78, 5) is 38.5. The molecule has 1 saturated heterocycles. The lowest BCUT2D eigenvalue weighted by Crippen LogP contribution is -2.36. The minimum atomic E-state index is -0.517. The number of ether oxygens (including phenoxy) is 2. The zero-order valence-electron chi connectivity index (χ0n) is 15.9. The van der Waals surface area contributed by atoms with Gasteiger partial charge in [0.15, 0.2) is 11.5 Å². The zero-order chi connectivity index (χ0) is 21.8. The van der Waals surface area contributed by atoms with Gasteiger partial charge in [-0.1, -0.05) is 12.1 Å². The molecule has 30 heavy (non-hydrogen) atoms. The molecule has 7 nitrogen and oxygen atoms in total. The standard InChI is InChI=1S/C20H16BrIN2O5S/c1-28-15-8-11(7-13(22)18(15)29-2)9-16-19(26)24(20(27)30-16)10-17(25)23-14-6-4-3-5-12(14)21/h3-9H,10H2,1-2H3,(H,23,25)/b16-9+. The minimum absolute atomic E-state index is 0.233. The molecule has 0 bridgehead atoms. The third kappa shape index (κ3) is 4.98. The van der Waals surface area contributed by atoms with Gasteiger partial charge in [0.2, 0.25) is 5.91 Å². The summed E-state index contributed by atoms with van der Waals surface area (Å²) in [5, 5.41) is 2.19. The quantitative estimate of drug-likeness (QED) is 0.380. The second kappa shape index (κ2) is 9.84. The smallest absolute Gasteiger partial charge is 0.294 e. The van der Waals surface area contributed by atoms with Gasteiger partial charge in [0.25, 0.3) is 11.1 Å². The van der Waals surface area contributed by atoms with Gasteiger partial charge in [0.1, 0.15) is 6.54 Å². The van der Waals surface area contributed by atoms with E-state index in [1.165, 1.54) is 7.11 Å². The van der Waals surface area contributed by atoms with E-state index in [9.17, 15) is 14.4 Å². The highest BCUT2D eigenvalue weighted by Gasteiger charge is 2.36. The first-order valence-corrected chi connectivity index (χ1v) is 11.2. The van der Waals surface area contributed by atoms with Gasteiger partial charge in [-0.25, -0.2) is 0 Å². The minimum Gasteiger partial charge on any atom is -0.493 e. The Hall–Kier alpha value is -2.05. The fourth-order valence-corrected chi connectivity index (χ4v) is 4.77. The van der Waals surface area contributed by atoms with Crippen LogP contribution in [0.15, 0.2) is 45.8 Å². The van der Waals surface area contributed by atoms with Crippen molar-refractivity contribution >= 4 is 79.1 Å². The van der Waals surface area contributed by atoms with Crippen LogP contribution in [0.25, 0.3) is 6.08 Å². The van der Waals surface area contributed by atoms with Gasteiger partial charge in [-0.15, -0.1) is 0 Å². The SMILES string of the molecule is COc1cc(/C=C2/SC(=O)N(CC(=O)Nc3ccccc3Br)C2=O)cc(I)c1OC. The van der Waals surface area contributed by atoms with E-state index < -0.39 is 17.1 Å². The van der Waals surface area contributed by atoms with Crippen molar-refractivity contribution < 1.29 is 23.9 Å². The maximum atomic E-state index is 12.7. The lowest BCUT2D eigenvalue weighted by molar-refractivity contribution is -0.127. The monoisotopic (exact) mass is 602 g/mol. The molecule has 0 unspecified atom stereocenters. The van der Waals surface area contributed by atoms with Crippen molar-refractivity contribution in [3.05, 3.63) is 54.9 Å². The van der Waals surface area contributed by atoms with Crippen molar-refractivity contribution in [1.82, 2.24) is 4.90 Å². The average molecular weight is 603 g/mol. The second-order valence-corrected chi connectivity index (χ2v) is 9.04. The average Bonchev–Trinajstić information content (AvgIpc) is 2.96. The number of thioether (sulfide) groups is 1. The predicted octanol–water partition coefficient (Wildman–Crippen LogP) is 4.75.